The van der Waals surface area contributed by atoms with Gasteiger partial charge in [0, 0.05) is 5.92 Å². The third-order valence-electron chi connectivity index (χ3n) is 2.39. The van der Waals surface area contributed by atoms with Crippen LogP contribution in [0.4, 0.5) is 0 Å². The van der Waals surface area contributed by atoms with Crippen molar-refractivity contribution in [3.63, 3.8) is 0 Å². The maximum absolute atomic E-state index is 11.5. The standard InChI is InChI=1S/C11H24O2P/c1-4-7-8-11(6-3)10-14(12)13-9-5-2/h11H,4-10H2,1-3H3/q+1. The van der Waals surface area contributed by atoms with Crippen LogP contribution in [0.1, 0.15) is 52.9 Å². The summed E-state index contributed by atoms with van der Waals surface area (Å²) in [7, 11) is -1.40. The fourth-order valence-electron chi connectivity index (χ4n) is 1.37. The molecule has 0 aliphatic rings. The Labute approximate surface area is 89.3 Å². The fraction of sp³-hybridized carbons (Fsp3) is 1.00. The van der Waals surface area contributed by atoms with Crippen molar-refractivity contribution >= 4 is 8.03 Å². The van der Waals surface area contributed by atoms with E-state index in [1.165, 1.54) is 19.3 Å². The summed E-state index contributed by atoms with van der Waals surface area (Å²) in [6.07, 6.45) is 6.50. The summed E-state index contributed by atoms with van der Waals surface area (Å²) in [5.41, 5.74) is 0. The molecule has 0 N–H and O–H groups in total. The highest BCUT2D eigenvalue weighted by molar-refractivity contribution is 7.39. The van der Waals surface area contributed by atoms with Gasteiger partial charge in [-0.15, -0.1) is 4.52 Å². The number of hydrogen-bond acceptors (Lipinski definition) is 2. The van der Waals surface area contributed by atoms with Crippen LogP contribution in [0.5, 0.6) is 0 Å². The summed E-state index contributed by atoms with van der Waals surface area (Å²) >= 11 is 0. The van der Waals surface area contributed by atoms with Crippen LogP contribution in [0.3, 0.4) is 0 Å². The Bertz CT molecular complexity index is 148. The zero-order chi connectivity index (χ0) is 10.8. The maximum atomic E-state index is 11.5. The van der Waals surface area contributed by atoms with Gasteiger partial charge in [0.05, 0.1) is 0 Å². The Hall–Kier alpha value is 0.0600. The highest BCUT2D eigenvalue weighted by Gasteiger charge is 2.22. The topological polar surface area (TPSA) is 26.3 Å². The Morgan fingerprint density at radius 3 is 2.43 bits per heavy atom. The van der Waals surface area contributed by atoms with Crippen LogP contribution in [0.25, 0.3) is 0 Å². The van der Waals surface area contributed by atoms with Crippen LogP contribution in [-0.2, 0) is 9.09 Å². The molecule has 0 aromatic rings. The predicted octanol–water partition coefficient (Wildman–Crippen LogP) is 4.37. The molecule has 2 atom stereocenters. The fourth-order valence-corrected chi connectivity index (χ4v) is 2.73. The second-order valence-corrected chi connectivity index (χ2v) is 5.05. The van der Waals surface area contributed by atoms with E-state index in [0.29, 0.717) is 12.5 Å². The molecule has 0 amide bonds. The molecule has 0 fully saturated rings. The third-order valence-corrected chi connectivity index (χ3v) is 3.68. The SMILES string of the molecule is CCCCC(CC)C[P+](=O)OCCC. The molecule has 0 saturated carbocycles. The molecule has 0 radical (unpaired) electrons. The van der Waals surface area contributed by atoms with Gasteiger partial charge in [-0.05, 0) is 23.8 Å². The second kappa shape index (κ2) is 9.61. The van der Waals surface area contributed by atoms with E-state index in [4.69, 9.17) is 4.52 Å². The molecule has 0 rings (SSSR count). The van der Waals surface area contributed by atoms with E-state index >= 15 is 0 Å². The van der Waals surface area contributed by atoms with Crippen LogP contribution in [0.2, 0.25) is 0 Å². The molecule has 2 unspecified atom stereocenters. The summed E-state index contributed by atoms with van der Waals surface area (Å²) < 4.78 is 16.7. The Balaban J connectivity index is 3.62. The van der Waals surface area contributed by atoms with E-state index in [2.05, 4.69) is 13.8 Å². The first-order valence-electron chi connectivity index (χ1n) is 5.82. The van der Waals surface area contributed by atoms with E-state index < -0.39 is 8.03 Å². The summed E-state index contributed by atoms with van der Waals surface area (Å²) in [6, 6.07) is 0. The van der Waals surface area contributed by atoms with Crippen molar-refractivity contribution in [2.75, 3.05) is 12.8 Å². The lowest BCUT2D eigenvalue weighted by Crippen LogP contribution is -2.03. The van der Waals surface area contributed by atoms with Gasteiger partial charge in [0.1, 0.15) is 6.61 Å². The Morgan fingerprint density at radius 2 is 1.93 bits per heavy atom. The molecule has 0 aromatic carbocycles. The highest BCUT2D eigenvalue weighted by Crippen LogP contribution is 2.29. The van der Waals surface area contributed by atoms with Crippen LogP contribution in [0, 0.1) is 5.92 Å². The minimum Gasteiger partial charge on any atom is -0.146 e. The van der Waals surface area contributed by atoms with Crippen molar-refractivity contribution in [1.29, 1.82) is 0 Å². The van der Waals surface area contributed by atoms with Crippen molar-refractivity contribution in [2.45, 2.75) is 52.9 Å². The van der Waals surface area contributed by atoms with Crippen molar-refractivity contribution in [3.8, 4) is 0 Å². The first-order chi connectivity index (χ1) is 6.74. The van der Waals surface area contributed by atoms with Crippen molar-refractivity contribution < 1.29 is 9.09 Å². The average Bonchev–Trinajstić information content (AvgIpc) is 2.21. The summed E-state index contributed by atoms with van der Waals surface area (Å²) in [6.45, 7) is 7.04. The van der Waals surface area contributed by atoms with E-state index in [-0.39, 0.29) is 0 Å². The Morgan fingerprint density at radius 1 is 1.21 bits per heavy atom. The lowest BCUT2D eigenvalue weighted by atomic mass is 10.0. The summed E-state index contributed by atoms with van der Waals surface area (Å²) in [5.74, 6) is 0.593. The minimum absolute atomic E-state index is 0.593. The number of unbranched alkanes of at least 4 members (excludes halogenated alkanes) is 1. The molecular weight excluding hydrogens is 195 g/mol. The highest BCUT2D eigenvalue weighted by atomic mass is 31.1. The second-order valence-electron chi connectivity index (χ2n) is 3.77. The molecule has 0 aromatic heterocycles. The van der Waals surface area contributed by atoms with E-state index in [1.54, 1.807) is 0 Å². The molecule has 0 spiro atoms. The molecule has 84 valence electrons. The monoisotopic (exact) mass is 219 g/mol. The number of hydrogen-bond donors (Lipinski definition) is 0. The van der Waals surface area contributed by atoms with Gasteiger partial charge in [0.2, 0.25) is 0 Å². The first kappa shape index (κ1) is 14.1. The normalized spacial score (nSPS) is 14.1. The summed E-state index contributed by atoms with van der Waals surface area (Å²) in [4.78, 5) is 0. The lowest BCUT2D eigenvalue weighted by molar-refractivity contribution is 0.322. The van der Waals surface area contributed by atoms with Gasteiger partial charge in [-0.1, -0.05) is 33.6 Å². The van der Waals surface area contributed by atoms with E-state index in [9.17, 15) is 4.57 Å². The molecule has 0 bridgehead atoms. The number of rotatable bonds is 9. The van der Waals surface area contributed by atoms with Gasteiger partial charge < -0.3 is 0 Å². The van der Waals surface area contributed by atoms with Crippen LogP contribution < -0.4 is 0 Å². The van der Waals surface area contributed by atoms with Crippen molar-refractivity contribution in [2.24, 2.45) is 5.92 Å². The largest absolute Gasteiger partial charge is 0.508 e. The van der Waals surface area contributed by atoms with E-state index in [1.807, 2.05) is 6.92 Å². The molecule has 2 nitrogen and oxygen atoms in total. The predicted molar refractivity (Wildman–Crippen MR) is 62.0 cm³/mol. The van der Waals surface area contributed by atoms with Gasteiger partial charge in [-0.2, -0.15) is 0 Å². The molecule has 0 aliphatic carbocycles. The molecular formula is C11H24O2P+. The van der Waals surface area contributed by atoms with Crippen LogP contribution in [-0.4, -0.2) is 12.8 Å². The molecule has 14 heavy (non-hydrogen) atoms. The smallest absolute Gasteiger partial charge is 0.146 e. The molecule has 0 heterocycles. The lowest BCUT2D eigenvalue weighted by Gasteiger charge is -2.06. The molecule has 0 aliphatic heterocycles. The van der Waals surface area contributed by atoms with Gasteiger partial charge in [0.25, 0.3) is 0 Å². The zero-order valence-electron chi connectivity index (χ0n) is 9.79. The third kappa shape index (κ3) is 7.46. The first-order valence-corrected chi connectivity index (χ1v) is 7.18. The maximum Gasteiger partial charge on any atom is 0.508 e. The van der Waals surface area contributed by atoms with Crippen LogP contribution >= 0.6 is 8.03 Å². The quantitative estimate of drug-likeness (QED) is 0.538. The average molecular weight is 219 g/mol. The molecule has 3 heteroatoms. The van der Waals surface area contributed by atoms with Crippen molar-refractivity contribution in [3.05, 3.63) is 0 Å². The zero-order valence-corrected chi connectivity index (χ0v) is 10.7. The minimum atomic E-state index is -1.40. The molecule has 0 saturated heterocycles. The van der Waals surface area contributed by atoms with Gasteiger partial charge in [0.15, 0.2) is 6.16 Å². The summed E-state index contributed by atoms with van der Waals surface area (Å²) in [5, 5.41) is 0. The van der Waals surface area contributed by atoms with Gasteiger partial charge in [-0.3, -0.25) is 0 Å². The Kier molecular flexibility index (Phi) is 9.65. The van der Waals surface area contributed by atoms with Crippen molar-refractivity contribution in [1.82, 2.24) is 0 Å². The van der Waals surface area contributed by atoms with Crippen LogP contribution in [0.15, 0.2) is 0 Å². The van der Waals surface area contributed by atoms with Gasteiger partial charge in [-0.25, -0.2) is 0 Å². The van der Waals surface area contributed by atoms with E-state index in [0.717, 1.165) is 19.0 Å². The van der Waals surface area contributed by atoms with Gasteiger partial charge >= 0.3 is 8.03 Å².